The van der Waals surface area contributed by atoms with Gasteiger partial charge in [0, 0.05) is 20.1 Å². The highest BCUT2D eigenvalue weighted by Gasteiger charge is 2.21. The molecule has 1 aromatic carbocycles. The summed E-state index contributed by atoms with van der Waals surface area (Å²) in [6.45, 7) is 5.19. The van der Waals surface area contributed by atoms with Crippen molar-refractivity contribution in [2.45, 2.75) is 26.3 Å². The van der Waals surface area contributed by atoms with Crippen molar-refractivity contribution in [3.8, 4) is 5.75 Å². The number of rotatable bonds is 6. The molecule has 5 nitrogen and oxygen atoms in total. The van der Waals surface area contributed by atoms with Crippen LogP contribution in [0, 0.1) is 0 Å². The van der Waals surface area contributed by atoms with E-state index in [1.54, 1.807) is 0 Å². The number of carbonyl (C=O) groups is 1. The van der Waals surface area contributed by atoms with Crippen molar-refractivity contribution in [2.75, 3.05) is 38.2 Å². The van der Waals surface area contributed by atoms with Crippen LogP contribution in [-0.2, 0) is 11.3 Å². The zero-order chi connectivity index (χ0) is 15.2. The Hall–Kier alpha value is -1.75. The van der Waals surface area contributed by atoms with Gasteiger partial charge in [0.2, 0.25) is 5.91 Å². The number of fused-ring (bicyclic) bond motifs is 1. The van der Waals surface area contributed by atoms with Gasteiger partial charge in [-0.15, -0.1) is 0 Å². The van der Waals surface area contributed by atoms with Gasteiger partial charge >= 0.3 is 0 Å². The Labute approximate surface area is 126 Å². The fraction of sp³-hybridized carbons (Fsp3) is 0.562. The first-order chi connectivity index (χ1) is 10.2. The molecule has 0 spiro atoms. The summed E-state index contributed by atoms with van der Waals surface area (Å²) < 4.78 is 5.68. The monoisotopic (exact) mass is 291 g/mol. The molecule has 1 amide bonds. The van der Waals surface area contributed by atoms with E-state index in [4.69, 9.17) is 10.5 Å². The first-order valence-corrected chi connectivity index (χ1v) is 7.60. The predicted molar refractivity (Wildman–Crippen MR) is 84.6 cm³/mol. The number of carbonyl (C=O) groups excluding carboxylic acids is 1. The molecule has 1 heterocycles. The minimum atomic E-state index is 0.152. The van der Waals surface area contributed by atoms with Crippen LogP contribution in [0.1, 0.15) is 25.3 Å². The van der Waals surface area contributed by atoms with Crippen LogP contribution in [0.15, 0.2) is 18.2 Å². The van der Waals surface area contributed by atoms with Gasteiger partial charge in [0.15, 0.2) is 0 Å². The normalized spacial score (nSPS) is 13.6. The van der Waals surface area contributed by atoms with Crippen LogP contribution < -0.4 is 15.4 Å². The summed E-state index contributed by atoms with van der Waals surface area (Å²) in [5.41, 5.74) is 7.68. The van der Waals surface area contributed by atoms with E-state index in [-0.39, 0.29) is 5.91 Å². The first-order valence-electron chi connectivity index (χ1n) is 7.60. The van der Waals surface area contributed by atoms with E-state index >= 15 is 0 Å². The molecule has 0 radical (unpaired) electrons. The van der Waals surface area contributed by atoms with Gasteiger partial charge in [0.1, 0.15) is 12.4 Å². The lowest BCUT2D eigenvalue weighted by Crippen LogP contribution is -2.42. The van der Waals surface area contributed by atoms with Crippen LogP contribution in [0.2, 0.25) is 0 Å². The first kappa shape index (κ1) is 15.6. The molecule has 2 N–H and O–H groups in total. The number of likely N-dealkylation sites (N-methyl/N-ethyl adjacent to an activating group) is 1. The zero-order valence-corrected chi connectivity index (χ0v) is 13.0. The molecule has 0 atom stereocenters. The summed E-state index contributed by atoms with van der Waals surface area (Å²) in [6.07, 6.45) is 2.14. The number of hydrogen-bond acceptors (Lipinski definition) is 4. The molecular weight excluding hydrogens is 266 g/mol. The number of nitrogens with two attached hydrogens (primary N) is 1. The quantitative estimate of drug-likeness (QED) is 0.865. The van der Waals surface area contributed by atoms with Crippen molar-refractivity contribution in [3.05, 3.63) is 23.8 Å². The van der Waals surface area contributed by atoms with Crippen molar-refractivity contribution < 1.29 is 9.53 Å². The van der Waals surface area contributed by atoms with Crippen molar-refractivity contribution in [3.63, 3.8) is 0 Å². The summed E-state index contributed by atoms with van der Waals surface area (Å²) in [6, 6.07) is 5.95. The SMILES string of the molecule is CCCCN(C)C(=O)CN1CCOc2cc(CN)ccc21. The second-order valence-corrected chi connectivity index (χ2v) is 5.45. The van der Waals surface area contributed by atoms with Gasteiger partial charge in [-0.1, -0.05) is 19.4 Å². The van der Waals surface area contributed by atoms with Crippen LogP contribution in [0.5, 0.6) is 5.75 Å². The van der Waals surface area contributed by atoms with Gasteiger partial charge in [0.25, 0.3) is 0 Å². The van der Waals surface area contributed by atoms with E-state index in [1.807, 2.05) is 30.1 Å². The predicted octanol–water partition coefficient (Wildman–Crippen LogP) is 1.60. The zero-order valence-electron chi connectivity index (χ0n) is 13.0. The van der Waals surface area contributed by atoms with E-state index in [0.717, 1.165) is 42.9 Å². The maximum absolute atomic E-state index is 12.3. The maximum atomic E-state index is 12.3. The summed E-state index contributed by atoms with van der Waals surface area (Å²) in [7, 11) is 1.87. The Morgan fingerprint density at radius 2 is 2.29 bits per heavy atom. The van der Waals surface area contributed by atoms with E-state index in [2.05, 4.69) is 11.8 Å². The van der Waals surface area contributed by atoms with Gasteiger partial charge in [-0.25, -0.2) is 0 Å². The number of benzene rings is 1. The molecular formula is C16H25N3O2. The average molecular weight is 291 g/mol. The maximum Gasteiger partial charge on any atom is 0.241 e. The Morgan fingerprint density at radius 1 is 1.48 bits per heavy atom. The minimum Gasteiger partial charge on any atom is -0.490 e. The number of amides is 1. The lowest BCUT2D eigenvalue weighted by atomic mass is 10.1. The second-order valence-electron chi connectivity index (χ2n) is 5.45. The summed E-state index contributed by atoms with van der Waals surface area (Å²) >= 11 is 0. The summed E-state index contributed by atoms with van der Waals surface area (Å²) in [5.74, 6) is 0.979. The lowest BCUT2D eigenvalue weighted by molar-refractivity contribution is -0.128. The highest BCUT2D eigenvalue weighted by molar-refractivity contribution is 5.82. The van der Waals surface area contributed by atoms with E-state index in [0.29, 0.717) is 19.7 Å². The number of ether oxygens (including phenoxy) is 1. The molecule has 1 aromatic rings. The third-order valence-corrected chi connectivity index (χ3v) is 3.82. The molecule has 0 aromatic heterocycles. The average Bonchev–Trinajstić information content (AvgIpc) is 2.52. The molecule has 1 aliphatic heterocycles. The topological polar surface area (TPSA) is 58.8 Å². The van der Waals surface area contributed by atoms with Crippen molar-refractivity contribution >= 4 is 11.6 Å². The third-order valence-electron chi connectivity index (χ3n) is 3.82. The molecule has 0 unspecified atom stereocenters. The fourth-order valence-corrected chi connectivity index (χ4v) is 2.42. The molecule has 0 aliphatic carbocycles. The van der Waals surface area contributed by atoms with Crippen LogP contribution in [0.4, 0.5) is 5.69 Å². The number of anilines is 1. The van der Waals surface area contributed by atoms with E-state index in [9.17, 15) is 4.79 Å². The van der Waals surface area contributed by atoms with E-state index < -0.39 is 0 Å². The van der Waals surface area contributed by atoms with Crippen LogP contribution in [-0.4, -0.2) is 44.1 Å². The summed E-state index contributed by atoms with van der Waals surface area (Å²) in [5, 5.41) is 0. The van der Waals surface area contributed by atoms with Crippen molar-refractivity contribution in [1.29, 1.82) is 0 Å². The number of hydrogen-bond donors (Lipinski definition) is 1. The van der Waals surface area contributed by atoms with Gasteiger partial charge < -0.3 is 20.3 Å². The summed E-state index contributed by atoms with van der Waals surface area (Å²) in [4.78, 5) is 16.2. The molecule has 0 saturated carbocycles. The van der Waals surface area contributed by atoms with Crippen LogP contribution in [0.3, 0.4) is 0 Å². The fourth-order valence-electron chi connectivity index (χ4n) is 2.42. The molecule has 0 fully saturated rings. The molecule has 1 aliphatic rings. The lowest BCUT2D eigenvalue weighted by Gasteiger charge is -2.32. The third kappa shape index (κ3) is 3.88. The highest BCUT2D eigenvalue weighted by atomic mass is 16.5. The van der Waals surface area contributed by atoms with Gasteiger partial charge in [-0.3, -0.25) is 4.79 Å². The van der Waals surface area contributed by atoms with Gasteiger partial charge in [0.05, 0.1) is 18.8 Å². The number of unbranched alkanes of at least 4 members (excludes halogenated alkanes) is 1. The smallest absolute Gasteiger partial charge is 0.241 e. The standard InChI is InChI=1S/C16H25N3O2/c1-3-4-7-18(2)16(20)12-19-8-9-21-15-10-13(11-17)5-6-14(15)19/h5-6,10H,3-4,7-9,11-12,17H2,1-2H3. The molecule has 5 heteroatoms. The Bertz CT molecular complexity index is 490. The molecule has 116 valence electrons. The minimum absolute atomic E-state index is 0.152. The molecule has 0 bridgehead atoms. The Kier molecular flexibility index (Phi) is 5.44. The largest absolute Gasteiger partial charge is 0.490 e. The molecule has 21 heavy (non-hydrogen) atoms. The highest BCUT2D eigenvalue weighted by Crippen LogP contribution is 2.32. The van der Waals surface area contributed by atoms with Crippen molar-refractivity contribution in [2.24, 2.45) is 5.73 Å². The Morgan fingerprint density at radius 3 is 3.00 bits per heavy atom. The van der Waals surface area contributed by atoms with Gasteiger partial charge in [-0.2, -0.15) is 0 Å². The van der Waals surface area contributed by atoms with E-state index in [1.165, 1.54) is 0 Å². The molecule has 2 rings (SSSR count). The van der Waals surface area contributed by atoms with Crippen molar-refractivity contribution in [1.82, 2.24) is 4.90 Å². The second kappa shape index (κ2) is 7.31. The Balaban J connectivity index is 2.04. The van der Waals surface area contributed by atoms with Crippen LogP contribution in [0.25, 0.3) is 0 Å². The van der Waals surface area contributed by atoms with Crippen LogP contribution >= 0.6 is 0 Å². The van der Waals surface area contributed by atoms with Gasteiger partial charge in [-0.05, 0) is 24.1 Å². The molecule has 0 saturated heterocycles. The number of nitrogens with zero attached hydrogens (tertiary/aromatic N) is 2.